The third kappa shape index (κ3) is 6.66. The number of ether oxygens (including phenoxy) is 3. The van der Waals surface area contributed by atoms with Crippen LogP contribution in [0.15, 0.2) is 48.5 Å². The van der Waals surface area contributed by atoms with Crippen molar-refractivity contribution in [1.29, 1.82) is 0 Å². The highest BCUT2D eigenvalue weighted by atomic mass is 35.5. The van der Waals surface area contributed by atoms with E-state index in [9.17, 15) is 9.59 Å². The number of carbonyl (C=O) groups excluding carboxylic acids is 2. The Morgan fingerprint density at radius 1 is 1.16 bits per heavy atom. The van der Waals surface area contributed by atoms with Gasteiger partial charge in [0.2, 0.25) is 0 Å². The smallest absolute Gasteiger partial charge is 0.328 e. The van der Waals surface area contributed by atoms with Crippen LogP contribution in [-0.2, 0) is 20.7 Å². The number of hydrogen-bond donors (Lipinski definition) is 1. The van der Waals surface area contributed by atoms with Crippen molar-refractivity contribution in [2.24, 2.45) is 0 Å². The molecule has 2 aromatic rings. The largest absolute Gasteiger partial charge is 0.464 e. The summed E-state index contributed by atoms with van der Waals surface area (Å²) in [5.41, 5.74) is 1.12. The third-order valence-electron chi connectivity index (χ3n) is 4.83. The van der Waals surface area contributed by atoms with E-state index >= 15 is 0 Å². The third-order valence-corrected chi connectivity index (χ3v) is 5.50. The van der Waals surface area contributed by atoms with Crippen molar-refractivity contribution < 1.29 is 23.8 Å². The molecule has 0 radical (unpaired) electrons. The van der Waals surface area contributed by atoms with Gasteiger partial charge >= 0.3 is 5.97 Å². The van der Waals surface area contributed by atoms with Gasteiger partial charge in [0.05, 0.1) is 30.4 Å². The van der Waals surface area contributed by atoms with Crippen LogP contribution in [0.2, 0.25) is 5.02 Å². The molecule has 32 heavy (non-hydrogen) atoms. The van der Waals surface area contributed by atoms with Gasteiger partial charge in [0.15, 0.2) is 0 Å². The Balaban J connectivity index is 1.65. The monoisotopic (exact) mass is 476 g/mol. The van der Waals surface area contributed by atoms with Gasteiger partial charge in [0.1, 0.15) is 11.8 Å². The highest BCUT2D eigenvalue weighted by molar-refractivity contribution is 7.80. The van der Waals surface area contributed by atoms with Gasteiger partial charge in [-0.25, -0.2) is 4.79 Å². The lowest BCUT2D eigenvalue weighted by Gasteiger charge is -2.28. The van der Waals surface area contributed by atoms with E-state index in [1.165, 1.54) is 0 Å². The fourth-order valence-electron chi connectivity index (χ4n) is 3.16. The van der Waals surface area contributed by atoms with Crippen molar-refractivity contribution in [3.63, 3.8) is 0 Å². The van der Waals surface area contributed by atoms with Gasteiger partial charge in [-0.1, -0.05) is 35.9 Å². The van der Waals surface area contributed by atoms with Gasteiger partial charge in [-0.3, -0.25) is 4.79 Å². The molecule has 170 valence electrons. The van der Waals surface area contributed by atoms with Crippen LogP contribution in [0.1, 0.15) is 22.8 Å². The van der Waals surface area contributed by atoms with Crippen LogP contribution in [0, 0.1) is 0 Å². The molecule has 0 spiro atoms. The van der Waals surface area contributed by atoms with Gasteiger partial charge in [0.25, 0.3) is 11.1 Å². The number of amides is 1. The molecule has 3 rings (SSSR count). The van der Waals surface area contributed by atoms with Crippen molar-refractivity contribution in [2.45, 2.75) is 19.4 Å². The molecule has 0 bridgehead atoms. The van der Waals surface area contributed by atoms with Crippen molar-refractivity contribution >= 4 is 40.9 Å². The fraction of sp³-hybridized carbons (Fsp3) is 0.348. The predicted molar refractivity (Wildman–Crippen MR) is 125 cm³/mol. The second kappa shape index (κ2) is 11.8. The quantitative estimate of drug-likeness (QED) is 0.485. The lowest BCUT2D eigenvalue weighted by atomic mass is 10.0. The summed E-state index contributed by atoms with van der Waals surface area (Å²) in [6.45, 7) is 4.57. The number of nitrogens with zero attached hydrogens (tertiary/aromatic N) is 1. The maximum atomic E-state index is 12.6. The summed E-state index contributed by atoms with van der Waals surface area (Å²) < 4.78 is 16.2. The maximum Gasteiger partial charge on any atom is 0.328 e. The molecular formula is C23H25ClN2O5S. The average Bonchev–Trinajstić information content (AvgIpc) is 2.80. The van der Waals surface area contributed by atoms with E-state index < -0.39 is 17.9 Å². The summed E-state index contributed by atoms with van der Waals surface area (Å²) in [5, 5.41) is 3.44. The van der Waals surface area contributed by atoms with Crippen molar-refractivity contribution in [1.82, 2.24) is 10.2 Å². The number of thiocarbonyl (C=S) groups is 1. The molecule has 9 heteroatoms. The van der Waals surface area contributed by atoms with Crippen LogP contribution < -0.4 is 10.1 Å². The van der Waals surface area contributed by atoms with Crippen molar-refractivity contribution in [3.05, 3.63) is 64.7 Å². The number of esters is 1. The Hall–Kier alpha value is -2.68. The zero-order valence-electron chi connectivity index (χ0n) is 17.7. The molecule has 1 aliphatic heterocycles. The van der Waals surface area contributed by atoms with Crippen LogP contribution in [0.4, 0.5) is 0 Å². The lowest BCUT2D eigenvalue weighted by Crippen LogP contribution is -2.43. The minimum atomic E-state index is -0.861. The minimum Gasteiger partial charge on any atom is -0.464 e. The van der Waals surface area contributed by atoms with Crippen LogP contribution >= 0.6 is 23.8 Å². The zero-order valence-corrected chi connectivity index (χ0v) is 19.3. The first-order chi connectivity index (χ1) is 15.5. The van der Waals surface area contributed by atoms with E-state index in [4.69, 9.17) is 38.0 Å². The van der Waals surface area contributed by atoms with Crippen LogP contribution in [0.3, 0.4) is 0 Å². The second-order valence-corrected chi connectivity index (χ2v) is 7.83. The van der Waals surface area contributed by atoms with Gasteiger partial charge in [-0.15, -0.1) is 0 Å². The van der Waals surface area contributed by atoms with Gasteiger partial charge in [-0.05, 0) is 49.0 Å². The molecular weight excluding hydrogens is 452 g/mol. The normalized spacial score (nSPS) is 14.4. The number of benzene rings is 2. The number of carbonyl (C=O) groups is 2. The molecule has 7 nitrogen and oxygen atoms in total. The first-order valence-electron chi connectivity index (χ1n) is 10.3. The predicted octanol–water partition coefficient (Wildman–Crippen LogP) is 3.24. The molecule has 1 heterocycles. The summed E-state index contributed by atoms with van der Waals surface area (Å²) in [5.74, 6) is -0.357. The average molecular weight is 477 g/mol. The summed E-state index contributed by atoms with van der Waals surface area (Å²) in [7, 11) is 0. The van der Waals surface area contributed by atoms with Crippen molar-refractivity contribution in [2.75, 3.05) is 32.9 Å². The van der Waals surface area contributed by atoms with E-state index in [0.29, 0.717) is 47.8 Å². The van der Waals surface area contributed by atoms with E-state index in [0.717, 1.165) is 5.56 Å². The molecule has 2 aromatic carbocycles. The van der Waals surface area contributed by atoms with Gasteiger partial charge < -0.3 is 24.4 Å². The minimum absolute atomic E-state index is 0.211. The van der Waals surface area contributed by atoms with Crippen molar-refractivity contribution in [3.8, 4) is 5.75 Å². The van der Waals surface area contributed by atoms with E-state index in [1.54, 1.807) is 43.3 Å². The van der Waals surface area contributed by atoms with Crippen LogP contribution in [0.5, 0.6) is 5.75 Å². The maximum absolute atomic E-state index is 12.6. The zero-order chi connectivity index (χ0) is 22.9. The van der Waals surface area contributed by atoms with Crippen LogP contribution in [-0.4, -0.2) is 60.9 Å². The topological polar surface area (TPSA) is 77.1 Å². The first kappa shape index (κ1) is 24.0. The molecule has 1 fully saturated rings. The Labute approximate surface area is 197 Å². The summed E-state index contributed by atoms with van der Waals surface area (Å²) in [6.07, 6.45) is 0.253. The van der Waals surface area contributed by atoms with E-state index in [1.807, 2.05) is 17.0 Å². The number of halogens is 1. The second-order valence-electron chi connectivity index (χ2n) is 7.07. The molecule has 1 saturated heterocycles. The number of morpholine rings is 1. The molecule has 0 aromatic heterocycles. The summed E-state index contributed by atoms with van der Waals surface area (Å²) in [4.78, 5) is 27.1. The first-order valence-corrected chi connectivity index (χ1v) is 11.1. The SMILES string of the molecule is CCOC(=O)C(Cc1ccc(OC(=S)N2CCOCC2)cc1)NC(=O)c1ccccc1Cl. The number of hydrogen-bond acceptors (Lipinski definition) is 6. The Kier molecular flexibility index (Phi) is 8.84. The standard InChI is InChI=1S/C23H25ClN2O5S/c1-2-30-22(28)20(25-21(27)18-5-3-4-6-19(18)24)15-16-7-9-17(10-8-16)31-23(32)26-11-13-29-14-12-26/h3-10,20H,2,11-15H2,1H3,(H,25,27). The highest BCUT2D eigenvalue weighted by Gasteiger charge is 2.24. The molecule has 1 atom stereocenters. The molecule has 1 amide bonds. The lowest BCUT2D eigenvalue weighted by molar-refractivity contribution is -0.145. The van der Waals surface area contributed by atoms with Gasteiger partial charge in [-0.2, -0.15) is 0 Å². The van der Waals surface area contributed by atoms with Gasteiger partial charge in [0, 0.05) is 19.5 Å². The van der Waals surface area contributed by atoms with E-state index in [2.05, 4.69) is 5.32 Å². The summed E-state index contributed by atoms with van der Waals surface area (Å²) >= 11 is 11.5. The molecule has 0 aliphatic carbocycles. The highest BCUT2D eigenvalue weighted by Crippen LogP contribution is 2.18. The fourth-order valence-corrected chi connectivity index (χ4v) is 3.66. The number of nitrogens with one attached hydrogen (secondary N) is 1. The molecule has 1 N–H and O–H groups in total. The number of rotatable bonds is 7. The van der Waals surface area contributed by atoms with E-state index in [-0.39, 0.29) is 13.0 Å². The Morgan fingerprint density at radius 2 is 1.84 bits per heavy atom. The Morgan fingerprint density at radius 3 is 2.50 bits per heavy atom. The molecule has 0 saturated carbocycles. The van der Waals surface area contributed by atoms with Crippen LogP contribution in [0.25, 0.3) is 0 Å². The molecule has 1 aliphatic rings. The summed E-state index contributed by atoms with van der Waals surface area (Å²) in [6, 6.07) is 13.0. The molecule has 1 unspecified atom stereocenters. The Bertz CT molecular complexity index is 948.